The van der Waals surface area contributed by atoms with Gasteiger partial charge in [0.25, 0.3) is 0 Å². The number of rotatable bonds is 6. The molecule has 4 nitrogen and oxygen atoms in total. The van der Waals surface area contributed by atoms with E-state index in [4.69, 9.17) is 22.1 Å². The number of aromatic nitrogens is 2. The monoisotopic (exact) mass is 285 g/mol. The number of fused-ring (bicyclic) bond motifs is 1. The number of nitrogens with two attached hydrogens (primary N) is 1. The van der Waals surface area contributed by atoms with E-state index in [1.165, 1.54) is 6.07 Å². The van der Waals surface area contributed by atoms with Gasteiger partial charge in [0.15, 0.2) is 0 Å². The summed E-state index contributed by atoms with van der Waals surface area (Å²) in [6.45, 7) is 1.51. The number of aryl methyl sites for hydroxylation is 1. The van der Waals surface area contributed by atoms with Crippen molar-refractivity contribution in [1.82, 2.24) is 9.55 Å². The molecular formula is C13H17ClFN3O. The maximum absolute atomic E-state index is 13.3. The fourth-order valence-electron chi connectivity index (χ4n) is 2.07. The minimum Gasteiger partial charge on any atom is -0.385 e. The first-order valence-electron chi connectivity index (χ1n) is 6.23. The summed E-state index contributed by atoms with van der Waals surface area (Å²) >= 11 is 5.80. The Morgan fingerprint density at radius 3 is 2.89 bits per heavy atom. The van der Waals surface area contributed by atoms with Crippen molar-refractivity contribution in [2.45, 2.75) is 25.8 Å². The largest absolute Gasteiger partial charge is 0.385 e. The molecule has 104 valence electrons. The second-order valence-corrected chi connectivity index (χ2v) is 4.84. The number of imidazole rings is 1. The summed E-state index contributed by atoms with van der Waals surface area (Å²) in [5.74, 6) is -0.0812. The van der Waals surface area contributed by atoms with Gasteiger partial charge >= 0.3 is 0 Å². The molecule has 0 saturated heterocycles. The van der Waals surface area contributed by atoms with Gasteiger partial charge in [0, 0.05) is 26.3 Å². The van der Waals surface area contributed by atoms with E-state index in [1.807, 2.05) is 4.57 Å². The van der Waals surface area contributed by atoms with Gasteiger partial charge in [0.2, 0.25) is 5.95 Å². The van der Waals surface area contributed by atoms with Crippen LogP contribution in [0.5, 0.6) is 0 Å². The molecule has 0 aliphatic heterocycles. The third-order valence-electron chi connectivity index (χ3n) is 3.05. The molecule has 0 atom stereocenters. The molecule has 0 saturated carbocycles. The highest BCUT2D eigenvalue weighted by molar-refractivity contribution is 6.31. The highest BCUT2D eigenvalue weighted by Gasteiger charge is 2.11. The number of benzene rings is 1. The zero-order chi connectivity index (χ0) is 13.8. The number of nitrogens with zero attached hydrogens (tertiary/aromatic N) is 2. The molecule has 2 aromatic rings. The van der Waals surface area contributed by atoms with Crippen LogP contribution in [0.25, 0.3) is 11.0 Å². The molecule has 1 aromatic heterocycles. The lowest BCUT2D eigenvalue weighted by Gasteiger charge is -2.06. The number of anilines is 1. The van der Waals surface area contributed by atoms with Gasteiger partial charge < -0.3 is 15.0 Å². The molecule has 0 fully saturated rings. The van der Waals surface area contributed by atoms with E-state index < -0.39 is 5.82 Å². The smallest absolute Gasteiger partial charge is 0.201 e. The van der Waals surface area contributed by atoms with Crippen LogP contribution < -0.4 is 5.73 Å². The molecule has 0 spiro atoms. The molecule has 0 bridgehead atoms. The van der Waals surface area contributed by atoms with Crippen molar-refractivity contribution in [1.29, 1.82) is 0 Å². The van der Waals surface area contributed by atoms with E-state index >= 15 is 0 Å². The van der Waals surface area contributed by atoms with Crippen molar-refractivity contribution in [3.8, 4) is 0 Å². The average molecular weight is 286 g/mol. The fraction of sp³-hybridized carbons (Fsp3) is 0.462. The van der Waals surface area contributed by atoms with Gasteiger partial charge in [-0.3, -0.25) is 0 Å². The van der Waals surface area contributed by atoms with Crippen LogP contribution in [0, 0.1) is 5.82 Å². The Morgan fingerprint density at radius 1 is 1.37 bits per heavy atom. The van der Waals surface area contributed by atoms with Crippen LogP contribution in [0.15, 0.2) is 12.1 Å². The number of hydrogen-bond donors (Lipinski definition) is 1. The van der Waals surface area contributed by atoms with Gasteiger partial charge in [0.1, 0.15) is 5.82 Å². The number of unbranched alkanes of at least 4 members (excludes halogenated alkanes) is 2. The van der Waals surface area contributed by atoms with E-state index in [0.29, 0.717) is 11.5 Å². The molecule has 2 N–H and O–H groups in total. The molecule has 0 radical (unpaired) electrons. The minimum atomic E-state index is -0.473. The normalized spacial score (nSPS) is 11.3. The van der Waals surface area contributed by atoms with Crippen LogP contribution >= 0.6 is 11.6 Å². The van der Waals surface area contributed by atoms with Crippen LogP contribution in [0.2, 0.25) is 5.02 Å². The standard InChI is InChI=1S/C13H17ClFN3O/c1-19-6-4-2-3-5-18-12-7-9(14)10(15)8-11(12)17-13(18)16/h7-8H,2-6H2,1H3,(H2,16,17). The third-order valence-corrected chi connectivity index (χ3v) is 3.34. The van der Waals surface area contributed by atoms with Crippen LogP contribution in [-0.2, 0) is 11.3 Å². The summed E-state index contributed by atoms with van der Waals surface area (Å²) in [7, 11) is 1.69. The Kier molecular flexibility index (Phi) is 4.61. The molecule has 0 aliphatic carbocycles. The van der Waals surface area contributed by atoms with Crippen molar-refractivity contribution in [2.24, 2.45) is 0 Å². The average Bonchev–Trinajstić information content (AvgIpc) is 2.66. The van der Waals surface area contributed by atoms with E-state index in [9.17, 15) is 4.39 Å². The lowest BCUT2D eigenvalue weighted by atomic mass is 10.2. The number of methoxy groups -OCH3 is 1. The molecule has 0 amide bonds. The van der Waals surface area contributed by atoms with E-state index in [-0.39, 0.29) is 5.02 Å². The molecule has 19 heavy (non-hydrogen) atoms. The lowest BCUT2D eigenvalue weighted by molar-refractivity contribution is 0.191. The molecule has 6 heteroatoms. The van der Waals surface area contributed by atoms with Crippen LogP contribution in [0.4, 0.5) is 10.3 Å². The summed E-state index contributed by atoms with van der Waals surface area (Å²) in [5, 5.41) is 0.0908. The highest BCUT2D eigenvalue weighted by atomic mass is 35.5. The summed E-state index contributed by atoms with van der Waals surface area (Å²) in [6.07, 6.45) is 3.02. The zero-order valence-electron chi connectivity index (χ0n) is 10.8. The Balaban J connectivity index is 2.13. The maximum Gasteiger partial charge on any atom is 0.201 e. The molecule has 2 rings (SSSR count). The second kappa shape index (κ2) is 6.21. The van der Waals surface area contributed by atoms with Crippen molar-refractivity contribution < 1.29 is 9.13 Å². The van der Waals surface area contributed by atoms with E-state index in [1.54, 1.807) is 13.2 Å². The number of hydrogen-bond acceptors (Lipinski definition) is 3. The first-order chi connectivity index (χ1) is 9.13. The minimum absolute atomic E-state index is 0.0908. The van der Waals surface area contributed by atoms with Gasteiger partial charge in [-0.1, -0.05) is 11.6 Å². The van der Waals surface area contributed by atoms with E-state index in [0.717, 1.165) is 37.9 Å². The summed E-state index contributed by atoms with van der Waals surface area (Å²) in [6, 6.07) is 2.89. The first kappa shape index (κ1) is 14.1. The lowest BCUT2D eigenvalue weighted by Crippen LogP contribution is -2.04. The summed E-state index contributed by atoms with van der Waals surface area (Å²) in [4.78, 5) is 4.15. The highest BCUT2D eigenvalue weighted by Crippen LogP contribution is 2.25. The van der Waals surface area contributed by atoms with Gasteiger partial charge in [0.05, 0.1) is 16.1 Å². The second-order valence-electron chi connectivity index (χ2n) is 4.43. The fourth-order valence-corrected chi connectivity index (χ4v) is 2.22. The van der Waals surface area contributed by atoms with Crippen LogP contribution in [0.3, 0.4) is 0 Å². The summed E-state index contributed by atoms with van der Waals surface area (Å²) < 4.78 is 20.2. The summed E-state index contributed by atoms with van der Waals surface area (Å²) in [5.41, 5.74) is 7.17. The van der Waals surface area contributed by atoms with Gasteiger partial charge in [-0.2, -0.15) is 0 Å². The Hall–Kier alpha value is -1.33. The van der Waals surface area contributed by atoms with Crippen molar-refractivity contribution >= 4 is 28.6 Å². The van der Waals surface area contributed by atoms with Gasteiger partial charge in [-0.25, -0.2) is 9.37 Å². The SMILES string of the molecule is COCCCCCn1c(N)nc2cc(F)c(Cl)cc21. The van der Waals surface area contributed by atoms with Crippen LogP contribution in [-0.4, -0.2) is 23.3 Å². The molecule has 0 aliphatic rings. The first-order valence-corrected chi connectivity index (χ1v) is 6.61. The molecule has 1 aromatic carbocycles. The molecule has 0 unspecified atom stereocenters. The van der Waals surface area contributed by atoms with Gasteiger partial charge in [-0.05, 0) is 25.3 Å². The topological polar surface area (TPSA) is 53.1 Å². The number of halogens is 2. The van der Waals surface area contributed by atoms with E-state index in [2.05, 4.69) is 4.98 Å². The maximum atomic E-state index is 13.3. The van der Waals surface area contributed by atoms with Crippen molar-refractivity contribution in [3.63, 3.8) is 0 Å². The van der Waals surface area contributed by atoms with Crippen molar-refractivity contribution in [2.75, 3.05) is 19.5 Å². The quantitative estimate of drug-likeness (QED) is 0.829. The molecule has 1 heterocycles. The predicted molar refractivity (Wildman–Crippen MR) is 74.8 cm³/mol. The van der Waals surface area contributed by atoms with Gasteiger partial charge in [-0.15, -0.1) is 0 Å². The van der Waals surface area contributed by atoms with Crippen LogP contribution in [0.1, 0.15) is 19.3 Å². The Bertz CT molecular complexity index is 571. The van der Waals surface area contributed by atoms with Crippen molar-refractivity contribution in [3.05, 3.63) is 23.0 Å². The number of ether oxygens (including phenoxy) is 1. The Labute approximate surface area is 116 Å². The third kappa shape index (κ3) is 3.16. The number of nitrogen functional groups attached to an aromatic ring is 1. The predicted octanol–water partition coefficient (Wildman–Crippen LogP) is 3.23. The Morgan fingerprint density at radius 2 is 2.16 bits per heavy atom. The zero-order valence-corrected chi connectivity index (χ0v) is 11.6. The molecular weight excluding hydrogens is 269 g/mol.